The Morgan fingerprint density at radius 3 is 2.59 bits per heavy atom. The Labute approximate surface area is 202 Å². The number of anilines is 1. The van der Waals surface area contributed by atoms with Crippen LogP contribution in [0.25, 0.3) is 0 Å². The Kier molecular flexibility index (Phi) is 7.18. The molecule has 0 saturated carbocycles. The molecule has 1 amide bonds. The minimum atomic E-state index is -0.211. The summed E-state index contributed by atoms with van der Waals surface area (Å²) in [6.07, 6.45) is 1.56. The van der Waals surface area contributed by atoms with E-state index in [1.807, 2.05) is 57.2 Å². The van der Waals surface area contributed by atoms with Gasteiger partial charge in [0.05, 0.1) is 30.3 Å². The molecule has 0 bridgehead atoms. The summed E-state index contributed by atoms with van der Waals surface area (Å²) in [7, 11) is 1.60. The summed E-state index contributed by atoms with van der Waals surface area (Å²) >= 11 is 1.57. The first kappa shape index (κ1) is 23.4. The Bertz CT molecular complexity index is 1280. The topological polar surface area (TPSA) is 86.5 Å². The van der Waals surface area contributed by atoms with Crippen molar-refractivity contribution in [2.24, 2.45) is 0 Å². The number of hydrogen-bond donors (Lipinski definition) is 1. The number of nitrogens with zero attached hydrogens (tertiary/aromatic N) is 2. The van der Waals surface area contributed by atoms with E-state index in [0.717, 1.165) is 27.5 Å². The second-order valence-corrected chi connectivity index (χ2v) is 8.70. The SMILES string of the molecule is COc1cc(C)ccc1Oc1ccc(NC(=O)c2ccccc2SCc2c(C)noc2C)cn1. The van der Waals surface area contributed by atoms with Crippen LogP contribution in [0.2, 0.25) is 0 Å². The molecule has 34 heavy (non-hydrogen) atoms. The molecule has 4 rings (SSSR count). The minimum Gasteiger partial charge on any atom is -0.493 e. The van der Waals surface area contributed by atoms with Gasteiger partial charge in [-0.15, -0.1) is 11.8 Å². The quantitative estimate of drug-likeness (QED) is 0.298. The minimum absolute atomic E-state index is 0.211. The number of aromatic nitrogens is 2. The molecule has 0 radical (unpaired) electrons. The van der Waals surface area contributed by atoms with Crippen molar-refractivity contribution in [2.75, 3.05) is 12.4 Å². The molecule has 0 atom stereocenters. The lowest BCUT2D eigenvalue weighted by Gasteiger charge is -2.12. The maximum atomic E-state index is 13.0. The maximum absolute atomic E-state index is 13.0. The van der Waals surface area contributed by atoms with Crippen LogP contribution in [0.15, 0.2) is 70.2 Å². The highest BCUT2D eigenvalue weighted by molar-refractivity contribution is 7.98. The molecular weight excluding hydrogens is 450 g/mol. The van der Waals surface area contributed by atoms with Gasteiger partial charge in [0.25, 0.3) is 5.91 Å². The summed E-state index contributed by atoms with van der Waals surface area (Å²) in [6.45, 7) is 5.79. The largest absolute Gasteiger partial charge is 0.493 e. The number of thioether (sulfide) groups is 1. The molecule has 0 aliphatic carbocycles. The molecule has 0 fully saturated rings. The fourth-order valence-corrected chi connectivity index (χ4v) is 4.53. The number of nitrogens with one attached hydrogen (secondary N) is 1. The van der Waals surface area contributed by atoms with Gasteiger partial charge in [0.1, 0.15) is 5.76 Å². The van der Waals surface area contributed by atoms with Crippen molar-refractivity contribution in [3.05, 3.63) is 88.9 Å². The van der Waals surface area contributed by atoms with E-state index in [-0.39, 0.29) is 5.91 Å². The first-order valence-electron chi connectivity index (χ1n) is 10.7. The summed E-state index contributed by atoms with van der Waals surface area (Å²) < 4.78 is 16.5. The molecule has 0 saturated heterocycles. The third-order valence-electron chi connectivity index (χ3n) is 5.21. The van der Waals surface area contributed by atoms with Crippen LogP contribution in [-0.4, -0.2) is 23.2 Å². The van der Waals surface area contributed by atoms with Crippen molar-refractivity contribution in [3.8, 4) is 17.4 Å². The summed E-state index contributed by atoms with van der Waals surface area (Å²) in [5.41, 5.74) is 4.14. The molecule has 8 heteroatoms. The van der Waals surface area contributed by atoms with E-state index in [4.69, 9.17) is 14.0 Å². The predicted octanol–water partition coefficient (Wildman–Crippen LogP) is 6.34. The number of pyridine rings is 1. The van der Waals surface area contributed by atoms with E-state index < -0.39 is 0 Å². The zero-order valence-corrected chi connectivity index (χ0v) is 20.2. The van der Waals surface area contributed by atoms with Gasteiger partial charge >= 0.3 is 0 Å². The number of rotatable bonds is 8. The van der Waals surface area contributed by atoms with Gasteiger partial charge in [-0.2, -0.15) is 0 Å². The summed E-state index contributed by atoms with van der Waals surface area (Å²) in [4.78, 5) is 18.2. The van der Waals surface area contributed by atoms with Crippen LogP contribution in [0, 0.1) is 20.8 Å². The molecule has 0 aliphatic heterocycles. The summed E-state index contributed by atoms with van der Waals surface area (Å²) in [5, 5.41) is 6.91. The monoisotopic (exact) mass is 475 g/mol. The average Bonchev–Trinajstić information content (AvgIpc) is 3.17. The fourth-order valence-electron chi connectivity index (χ4n) is 3.32. The van der Waals surface area contributed by atoms with Crippen molar-refractivity contribution in [2.45, 2.75) is 31.4 Å². The average molecular weight is 476 g/mol. The maximum Gasteiger partial charge on any atom is 0.256 e. The summed E-state index contributed by atoms with van der Waals surface area (Å²) in [6, 6.07) is 16.6. The third kappa shape index (κ3) is 5.40. The van der Waals surface area contributed by atoms with E-state index >= 15 is 0 Å². The predicted molar refractivity (Wildman–Crippen MR) is 132 cm³/mol. The molecule has 2 aromatic heterocycles. The molecule has 0 aliphatic rings. The molecule has 0 spiro atoms. The van der Waals surface area contributed by atoms with E-state index in [0.29, 0.717) is 34.4 Å². The van der Waals surface area contributed by atoms with Gasteiger partial charge in [0.15, 0.2) is 11.5 Å². The van der Waals surface area contributed by atoms with Gasteiger partial charge < -0.3 is 19.3 Å². The molecule has 2 aromatic carbocycles. The highest BCUT2D eigenvalue weighted by Gasteiger charge is 2.15. The number of aryl methyl sites for hydroxylation is 3. The molecular formula is C26H25N3O4S. The van der Waals surface area contributed by atoms with E-state index in [1.165, 1.54) is 0 Å². The normalized spacial score (nSPS) is 10.7. The van der Waals surface area contributed by atoms with Gasteiger partial charge in [0.2, 0.25) is 5.88 Å². The number of benzene rings is 2. The van der Waals surface area contributed by atoms with Crippen LogP contribution in [0.1, 0.15) is 32.9 Å². The van der Waals surface area contributed by atoms with Gasteiger partial charge in [-0.05, 0) is 56.7 Å². The van der Waals surface area contributed by atoms with E-state index in [1.54, 1.807) is 43.3 Å². The first-order valence-corrected chi connectivity index (χ1v) is 11.7. The molecule has 2 heterocycles. The fraction of sp³-hybridized carbons (Fsp3) is 0.192. The van der Waals surface area contributed by atoms with Gasteiger partial charge in [0, 0.05) is 22.3 Å². The van der Waals surface area contributed by atoms with Gasteiger partial charge in [-0.3, -0.25) is 4.79 Å². The second-order valence-electron chi connectivity index (χ2n) is 7.68. The van der Waals surface area contributed by atoms with Crippen LogP contribution in [0.4, 0.5) is 5.69 Å². The van der Waals surface area contributed by atoms with Crippen LogP contribution in [0.5, 0.6) is 17.4 Å². The van der Waals surface area contributed by atoms with Crippen molar-refractivity contribution in [1.82, 2.24) is 10.1 Å². The molecule has 0 unspecified atom stereocenters. The Hall–Kier alpha value is -3.78. The lowest BCUT2D eigenvalue weighted by Crippen LogP contribution is -2.13. The van der Waals surface area contributed by atoms with Crippen LogP contribution in [-0.2, 0) is 5.75 Å². The van der Waals surface area contributed by atoms with Gasteiger partial charge in [-0.1, -0.05) is 23.4 Å². The Balaban J connectivity index is 1.43. The van der Waals surface area contributed by atoms with E-state index in [9.17, 15) is 4.79 Å². The number of amides is 1. The Morgan fingerprint density at radius 2 is 1.88 bits per heavy atom. The first-order chi connectivity index (χ1) is 16.4. The molecule has 1 N–H and O–H groups in total. The van der Waals surface area contributed by atoms with Crippen molar-refractivity contribution in [1.29, 1.82) is 0 Å². The number of methoxy groups -OCH3 is 1. The lowest BCUT2D eigenvalue weighted by molar-refractivity contribution is 0.102. The van der Waals surface area contributed by atoms with Crippen LogP contribution in [0.3, 0.4) is 0 Å². The highest BCUT2D eigenvalue weighted by Crippen LogP contribution is 2.32. The van der Waals surface area contributed by atoms with Crippen molar-refractivity contribution >= 4 is 23.4 Å². The van der Waals surface area contributed by atoms with Crippen molar-refractivity contribution in [3.63, 3.8) is 0 Å². The lowest BCUT2D eigenvalue weighted by atomic mass is 10.2. The molecule has 4 aromatic rings. The zero-order chi connectivity index (χ0) is 24.1. The summed E-state index contributed by atoms with van der Waals surface area (Å²) in [5.74, 6) is 2.85. The van der Waals surface area contributed by atoms with E-state index in [2.05, 4.69) is 15.5 Å². The van der Waals surface area contributed by atoms with Crippen molar-refractivity contribution < 1.29 is 18.8 Å². The third-order valence-corrected chi connectivity index (χ3v) is 6.31. The van der Waals surface area contributed by atoms with Gasteiger partial charge in [-0.25, -0.2) is 4.98 Å². The highest BCUT2D eigenvalue weighted by atomic mass is 32.2. The molecule has 7 nitrogen and oxygen atoms in total. The van der Waals surface area contributed by atoms with Crippen LogP contribution < -0.4 is 14.8 Å². The number of carbonyl (C=O) groups is 1. The zero-order valence-electron chi connectivity index (χ0n) is 19.4. The second kappa shape index (κ2) is 10.4. The Morgan fingerprint density at radius 1 is 1.06 bits per heavy atom. The van der Waals surface area contributed by atoms with Crippen LogP contribution >= 0.6 is 11.8 Å². The number of ether oxygens (including phenoxy) is 2. The standard InChI is InChI=1S/C26H25N3O4S/c1-16-9-11-22(23(13-16)31-4)32-25-12-10-19(14-27-25)28-26(30)20-7-5-6-8-24(20)34-15-21-17(2)29-33-18(21)3/h5-14H,15H2,1-4H3,(H,28,30). The number of hydrogen-bond acceptors (Lipinski definition) is 7. The smallest absolute Gasteiger partial charge is 0.256 e. The molecule has 174 valence electrons. The number of carbonyl (C=O) groups excluding carboxylic acids is 1.